The molecule has 1 saturated carbocycles. The number of nitrogens with zero attached hydrogens (tertiary/aromatic N) is 1. The fourth-order valence-electron chi connectivity index (χ4n) is 5.06. The molecule has 2 heterocycles. The number of alkyl carbamates (subject to hydrolysis) is 1. The van der Waals surface area contributed by atoms with Gasteiger partial charge in [-0.3, -0.25) is 9.78 Å². The molecule has 2 aromatic carbocycles. The van der Waals surface area contributed by atoms with Gasteiger partial charge in [0, 0.05) is 29.8 Å². The number of carbonyl (C=O) groups excluding carboxylic acids is 3. The molecule has 2 amide bonds. The van der Waals surface area contributed by atoms with Crippen molar-refractivity contribution >= 4 is 45.9 Å². The van der Waals surface area contributed by atoms with Crippen LogP contribution in [0.1, 0.15) is 62.5 Å². The standard InChI is InChI=1S/C35H39N3O8S/c1-35(2,3)46-34(41)38-26(33(40)45-23-8-5-6-9-23)16-18-43-30-21-27-25(20-29(30)42-4)28(15-17-36-27)44-24-13-11-22(12-14-24)37-32(39)31-10-7-19-47-31/h7,10-15,17,19-21,23,26H,5-6,8-9,16,18H2,1-4H3,(H,37,39)(H,38,41)/t26-/m0/s1. The zero-order valence-corrected chi connectivity index (χ0v) is 27.7. The predicted octanol–water partition coefficient (Wildman–Crippen LogP) is 7.50. The van der Waals surface area contributed by atoms with Crippen LogP contribution in [0.25, 0.3) is 10.9 Å². The van der Waals surface area contributed by atoms with Gasteiger partial charge in [0.05, 0.1) is 24.1 Å². The summed E-state index contributed by atoms with van der Waals surface area (Å²) in [5.41, 5.74) is 0.524. The average molecular weight is 662 g/mol. The summed E-state index contributed by atoms with van der Waals surface area (Å²) in [7, 11) is 1.53. The van der Waals surface area contributed by atoms with Crippen molar-refractivity contribution in [2.45, 2.75) is 70.6 Å². The minimum Gasteiger partial charge on any atom is -0.493 e. The Morgan fingerprint density at radius 2 is 1.77 bits per heavy atom. The van der Waals surface area contributed by atoms with Crippen molar-refractivity contribution in [2.75, 3.05) is 19.0 Å². The SMILES string of the molecule is COc1cc2c(Oc3ccc(NC(=O)c4cccs4)cc3)ccnc2cc1OCC[C@H](NC(=O)OC(C)(C)C)C(=O)OC1CCCC1. The van der Waals surface area contributed by atoms with Crippen LogP contribution in [0.3, 0.4) is 0 Å². The van der Waals surface area contributed by atoms with Crippen LogP contribution in [0, 0.1) is 0 Å². The summed E-state index contributed by atoms with van der Waals surface area (Å²) in [4.78, 5) is 43.0. The van der Waals surface area contributed by atoms with E-state index in [4.69, 9.17) is 23.7 Å². The van der Waals surface area contributed by atoms with E-state index in [9.17, 15) is 14.4 Å². The third-order valence-electron chi connectivity index (χ3n) is 7.30. The van der Waals surface area contributed by atoms with E-state index in [0.717, 1.165) is 25.7 Å². The van der Waals surface area contributed by atoms with Gasteiger partial charge in [-0.25, -0.2) is 9.59 Å². The van der Waals surface area contributed by atoms with Gasteiger partial charge >= 0.3 is 12.1 Å². The molecule has 0 aliphatic heterocycles. The molecule has 0 radical (unpaired) electrons. The first-order chi connectivity index (χ1) is 22.6. The van der Waals surface area contributed by atoms with Gasteiger partial charge in [-0.2, -0.15) is 0 Å². The molecule has 2 N–H and O–H groups in total. The van der Waals surface area contributed by atoms with Gasteiger partial charge in [-0.1, -0.05) is 6.07 Å². The van der Waals surface area contributed by atoms with E-state index in [1.54, 1.807) is 75.5 Å². The van der Waals surface area contributed by atoms with Crippen molar-refractivity contribution in [3.05, 3.63) is 71.1 Å². The molecule has 12 heteroatoms. The van der Waals surface area contributed by atoms with E-state index < -0.39 is 23.7 Å². The minimum absolute atomic E-state index is 0.0770. The molecule has 248 valence electrons. The Morgan fingerprint density at radius 1 is 1.00 bits per heavy atom. The molecule has 1 atom stereocenters. The first-order valence-electron chi connectivity index (χ1n) is 15.5. The summed E-state index contributed by atoms with van der Waals surface area (Å²) in [6.07, 6.45) is 4.57. The number of hydrogen-bond donors (Lipinski definition) is 2. The zero-order valence-electron chi connectivity index (χ0n) is 26.9. The Balaban J connectivity index is 1.25. The number of pyridine rings is 1. The van der Waals surface area contributed by atoms with E-state index >= 15 is 0 Å². The topological polar surface area (TPSA) is 134 Å². The molecule has 2 aromatic heterocycles. The fraction of sp³-hybridized carbons (Fsp3) is 0.371. The smallest absolute Gasteiger partial charge is 0.408 e. The lowest BCUT2D eigenvalue weighted by Gasteiger charge is -2.24. The van der Waals surface area contributed by atoms with Crippen molar-refractivity contribution in [2.24, 2.45) is 0 Å². The van der Waals surface area contributed by atoms with Gasteiger partial charge in [0.2, 0.25) is 0 Å². The highest BCUT2D eigenvalue weighted by Gasteiger charge is 2.29. The van der Waals surface area contributed by atoms with Crippen LogP contribution < -0.4 is 24.8 Å². The lowest BCUT2D eigenvalue weighted by molar-refractivity contribution is -0.151. The van der Waals surface area contributed by atoms with Crippen LogP contribution in [0.15, 0.2) is 66.2 Å². The second kappa shape index (κ2) is 15.2. The zero-order chi connectivity index (χ0) is 33.4. The average Bonchev–Trinajstić information content (AvgIpc) is 3.76. The number of esters is 1. The molecular weight excluding hydrogens is 622 g/mol. The molecule has 0 spiro atoms. The molecule has 5 rings (SSSR count). The summed E-state index contributed by atoms with van der Waals surface area (Å²) in [6, 6.07) is 15.0. The number of rotatable bonds is 12. The van der Waals surface area contributed by atoms with Crippen LogP contribution >= 0.6 is 11.3 Å². The second-order valence-corrected chi connectivity index (χ2v) is 13.0. The number of anilines is 1. The monoisotopic (exact) mass is 661 g/mol. The quantitative estimate of drug-likeness (QED) is 0.148. The van der Waals surface area contributed by atoms with Crippen LogP contribution in [0.2, 0.25) is 0 Å². The summed E-state index contributed by atoms with van der Waals surface area (Å²) in [6.45, 7) is 5.34. The van der Waals surface area contributed by atoms with Crippen LogP contribution in [0.5, 0.6) is 23.0 Å². The molecule has 0 saturated heterocycles. The number of methoxy groups -OCH3 is 1. The third kappa shape index (κ3) is 9.35. The Labute approximate surface area is 277 Å². The van der Waals surface area contributed by atoms with Crippen LogP contribution in [-0.2, 0) is 14.3 Å². The minimum atomic E-state index is -0.953. The van der Waals surface area contributed by atoms with Crippen molar-refractivity contribution in [3.8, 4) is 23.0 Å². The second-order valence-electron chi connectivity index (χ2n) is 12.1. The Hall–Kier alpha value is -4.84. The van der Waals surface area contributed by atoms with Gasteiger partial charge in [0.1, 0.15) is 29.2 Å². The molecule has 0 unspecified atom stereocenters. The highest BCUT2D eigenvalue weighted by atomic mass is 32.1. The molecular formula is C35H39N3O8S. The van der Waals surface area contributed by atoms with Crippen LogP contribution in [-0.4, -0.2) is 54.4 Å². The largest absolute Gasteiger partial charge is 0.493 e. The van der Waals surface area contributed by atoms with Crippen molar-refractivity contribution < 1.29 is 38.1 Å². The van der Waals surface area contributed by atoms with Gasteiger partial charge < -0.3 is 34.3 Å². The number of aromatic nitrogens is 1. The van der Waals surface area contributed by atoms with Crippen molar-refractivity contribution in [1.82, 2.24) is 10.3 Å². The van der Waals surface area contributed by atoms with Crippen molar-refractivity contribution in [3.63, 3.8) is 0 Å². The van der Waals surface area contributed by atoms with Gasteiger partial charge in [0.15, 0.2) is 11.5 Å². The van der Waals surface area contributed by atoms with E-state index in [2.05, 4.69) is 15.6 Å². The number of amides is 2. The number of carbonyl (C=O) groups is 3. The fourth-order valence-corrected chi connectivity index (χ4v) is 5.68. The van der Waals surface area contributed by atoms with E-state index in [1.165, 1.54) is 18.4 Å². The lowest BCUT2D eigenvalue weighted by atomic mass is 10.1. The summed E-state index contributed by atoms with van der Waals surface area (Å²) in [5, 5.41) is 8.06. The molecule has 47 heavy (non-hydrogen) atoms. The third-order valence-corrected chi connectivity index (χ3v) is 8.17. The van der Waals surface area contributed by atoms with E-state index in [-0.39, 0.29) is 25.0 Å². The highest BCUT2D eigenvalue weighted by molar-refractivity contribution is 7.12. The molecule has 4 aromatic rings. The number of fused-ring (bicyclic) bond motifs is 1. The number of benzene rings is 2. The van der Waals surface area contributed by atoms with E-state index in [1.807, 2.05) is 11.4 Å². The molecule has 0 bridgehead atoms. The molecule has 1 fully saturated rings. The first kappa shape index (κ1) is 33.5. The van der Waals surface area contributed by atoms with Gasteiger partial charge in [0.25, 0.3) is 5.91 Å². The maximum absolute atomic E-state index is 13.0. The molecule has 1 aliphatic rings. The summed E-state index contributed by atoms with van der Waals surface area (Å²) in [5.74, 6) is 1.28. The van der Waals surface area contributed by atoms with Crippen molar-refractivity contribution in [1.29, 1.82) is 0 Å². The van der Waals surface area contributed by atoms with E-state index in [0.29, 0.717) is 44.5 Å². The Morgan fingerprint density at radius 3 is 2.45 bits per heavy atom. The first-order valence-corrected chi connectivity index (χ1v) is 16.4. The predicted molar refractivity (Wildman–Crippen MR) is 179 cm³/mol. The molecule has 1 aliphatic carbocycles. The normalized spacial score (nSPS) is 13.9. The number of nitrogens with one attached hydrogen (secondary N) is 2. The maximum Gasteiger partial charge on any atom is 0.408 e. The Kier molecular flexibility index (Phi) is 10.8. The maximum atomic E-state index is 13.0. The van der Waals surface area contributed by atoms with Gasteiger partial charge in [-0.05, 0) is 94.3 Å². The lowest BCUT2D eigenvalue weighted by Crippen LogP contribution is -2.45. The Bertz CT molecular complexity index is 1680. The summed E-state index contributed by atoms with van der Waals surface area (Å²) < 4.78 is 28.9. The number of ether oxygens (including phenoxy) is 5. The summed E-state index contributed by atoms with van der Waals surface area (Å²) >= 11 is 1.38. The van der Waals surface area contributed by atoms with Gasteiger partial charge in [-0.15, -0.1) is 11.3 Å². The highest BCUT2D eigenvalue weighted by Crippen LogP contribution is 2.37. The number of hydrogen-bond acceptors (Lipinski definition) is 10. The van der Waals surface area contributed by atoms with Crippen LogP contribution in [0.4, 0.5) is 10.5 Å². The number of thiophene rings is 1. The molecule has 11 nitrogen and oxygen atoms in total.